The van der Waals surface area contributed by atoms with Crippen LogP contribution in [0.1, 0.15) is 19.0 Å². The number of aromatic nitrogens is 1. The van der Waals surface area contributed by atoms with Gasteiger partial charge in [0.2, 0.25) is 0 Å². The summed E-state index contributed by atoms with van der Waals surface area (Å²) in [5.41, 5.74) is 0.698. The van der Waals surface area contributed by atoms with Crippen LogP contribution in [0.15, 0.2) is 23.2 Å². The van der Waals surface area contributed by atoms with Crippen LogP contribution in [-0.4, -0.2) is 19.9 Å². The molecule has 1 aromatic rings. The number of hydrogen-bond acceptors (Lipinski definition) is 3. The normalized spacial score (nSPS) is 11.6. The first-order valence-electron chi connectivity index (χ1n) is 4.49. The van der Waals surface area contributed by atoms with Gasteiger partial charge in [0.15, 0.2) is 5.03 Å². The highest BCUT2D eigenvalue weighted by molar-refractivity contribution is 7.89. The predicted octanol–water partition coefficient (Wildman–Crippen LogP) is 1.08. The molecule has 0 aliphatic rings. The summed E-state index contributed by atoms with van der Waals surface area (Å²) in [6, 6.07) is 4.94. The summed E-state index contributed by atoms with van der Waals surface area (Å²) in [6.45, 7) is 4.11. The van der Waals surface area contributed by atoms with Gasteiger partial charge in [0.25, 0.3) is 10.0 Å². The van der Waals surface area contributed by atoms with Crippen molar-refractivity contribution in [2.24, 2.45) is 0 Å². The van der Waals surface area contributed by atoms with E-state index < -0.39 is 10.0 Å². The SMILES string of the molecule is CCCNS(=O)(=O)c1cccc(C)n1. The molecule has 0 amide bonds. The number of nitrogens with one attached hydrogen (secondary N) is 1. The molecule has 4 nitrogen and oxygen atoms in total. The first-order chi connectivity index (χ1) is 6.56. The average molecular weight is 214 g/mol. The zero-order chi connectivity index (χ0) is 10.6. The molecule has 14 heavy (non-hydrogen) atoms. The fourth-order valence-electron chi connectivity index (χ4n) is 0.978. The maximum Gasteiger partial charge on any atom is 0.258 e. The number of rotatable bonds is 4. The van der Waals surface area contributed by atoms with Gasteiger partial charge in [-0.3, -0.25) is 0 Å². The van der Waals surface area contributed by atoms with Gasteiger partial charge in [0, 0.05) is 12.2 Å². The molecule has 0 spiro atoms. The second-order valence-corrected chi connectivity index (χ2v) is 4.73. The summed E-state index contributed by atoms with van der Waals surface area (Å²) in [7, 11) is -3.41. The number of sulfonamides is 1. The third kappa shape index (κ3) is 2.78. The molecule has 0 atom stereocenters. The summed E-state index contributed by atoms with van der Waals surface area (Å²) in [4.78, 5) is 3.95. The van der Waals surface area contributed by atoms with E-state index in [1.807, 2.05) is 6.92 Å². The largest absolute Gasteiger partial charge is 0.258 e. The van der Waals surface area contributed by atoms with Gasteiger partial charge in [-0.05, 0) is 25.5 Å². The molecule has 1 rings (SSSR count). The summed E-state index contributed by atoms with van der Waals surface area (Å²) in [6.07, 6.45) is 0.769. The minimum atomic E-state index is -3.41. The zero-order valence-electron chi connectivity index (χ0n) is 8.32. The van der Waals surface area contributed by atoms with Gasteiger partial charge >= 0.3 is 0 Å². The van der Waals surface area contributed by atoms with Crippen molar-refractivity contribution in [3.63, 3.8) is 0 Å². The smallest absolute Gasteiger partial charge is 0.240 e. The highest BCUT2D eigenvalue weighted by Gasteiger charge is 2.13. The van der Waals surface area contributed by atoms with E-state index in [1.54, 1.807) is 19.1 Å². The van der Waals surface area contributed by atoms with Gasteiger partial charge in [-0.25, -0.2) is 18.1 Å². The Kier molecular flexibility index (Phi) is 3.60. The van der Waals surface area contributed by atoms with Gasteiger partial charge in [-0.2, -0.15) is 0 Å². The van der Waals surface area contributed by atoms with Crippen LogP contribution in [0.2, 0.25) is 0 Å². The molecule has 0 unspecified atom stereocenters. The topological polar surface area (TPSA) is 59.1 Å². The Morgan fingerprint density at radius 3 is 2.71 bits per heavy atom. The number of pyridine rings is 1. The van der Waals surface area contributed by atoms with E-state index >= 15 is 0 Å². The maximum atomic E-state index is 11.6. The lowest BCUT2D eigenvalue weighted by molar-refractivity contribution is 0.576. The van der Waals surface area contributed by atoms with Gasteiger partial charge in [-0.15, -0.1) is 0 Å². The fourth-order valence-corrected chi connectivity index (χ4v) is 2.12. The number of nitrogens with zero attached hydrogens (tertiary/aromatic N) is 1. The van der Waals surface area contributed by atoms with Crippen LogP contribution < -0.4 is 4.72 Å². The molecule has 5 heteroatoms. The lowest BCUT2D eigenvalue weighted by atomic mass is 10.4. The van der Waals surface area contributed by atoms with Gasteiger partial charge in [-0.1, -0.05) is 13.0 Å². The van der Waals surface area contributed by atoms with Crippen molar-refractivity contribution in [3.05, 3.63) is 23.9 Å². The highest BCUT2D eigenvalue weighted by Crippen LogP contribution is 2.05. The molecule has 0 saturated heterocycles. The molecule has 0 fully saturated rings. The molecule has 0 saturated carbocycles. The molecular weight excluding hydrogens is 200 g/mol. The third-order valence-electron chi connectivity index (χ3n) is 1.68. The number of aryl methyl sites for hydroxylation is 1. The molecule has 0 bridgehead atoms. The summed E-state index contributed by atoms with van der Waals surface area (Å²) < 4.78 is 25.6. The van der Waals surface area contributed by atoms with Crippen LogP contribution in [0.5, 0.6) is 0 Å². The second-order valence-electron chi connectivity index (χ2n) is 3.01. The Hall–Kier alpha value is -0.940. The fraction of sp³-hybridized carbons (Fsp3) is 0.444. The lowest BCUT2D eigenvalue weighted by Crippen LogP contribution is -2.25. The molecule has 1 heterocycles. The van der Waals surface area contributed by atoms with Crippen molar-refractivity contribution >= 4 is 10.0 Å². The monoisotopic (exact) mass is 214 g/mol. The Labute approximate surface area is 84.4 Å². The molecular formula is C9H14N2O2S. The molecule has 78 valence electrons. The van der Waals surface area contributed by atoms with Crippen LogP contribution >= 0.6 is 0 Å². The van der Waals surface area contributed by atoms with E-state index in [0.29, 0.717) is 12.2 Å². The predicted molar refractivity (Wildman–Crippen MR) is 54.5 cm³/mol. The van der Waals surface area contributed by atoms with Crippen molar-refractivity contribution in [3.8, 4) is 0 Å². The van der Waals surface area contributed by atoms with E-state index in [4.69, 9.17) is 0 Å². The molecule has 0 aliphatic carbocycles. The van der Waals surface area contributed by atoms with Crippen LogP contribution in [0, 0.1) is 6.92 Å². The minimum absolute atomic E-state index is 0.0888. The molecule has 1 N–H and O–H groups in total. The van der Waals surface area contributed by atoms with Gasteiger partial charge in [0.1, 0.15) is 0 Å². The van der Waals surface area contributed by atoms with Gasteiger partial charge < -0.3 is 0 Å². The quantitative estimate of drug-likeness (QED) is 0.815. The highest BCUT2D eigenvalue weighted by atomic mass is 32.2. The van der Waals surface area contributed by atoms with Gasteiger partial charge in [0.05, 0.1) is 0 Å². The Morgan fingerprint density at radius 2 is 2.14 bits per heavy atom. The van der Waals surface area contributed by atoms with Crippen molar-refractivity contribution < 1.29 is 8.42 Å². The van der Waals surface area contributed by atoms with Crippen LogP contribution in [0.3, 0.4) is 0 Å². The standard InChI is InChI=1S/C9H14N2O2S/c1-3-7-10-14(12,13)9-6-4-5-8(2)11-9/h4-6,10H,3,7H2,1-2H3. The van der Waals surface area contributed by atoms with Crippen LogP contribution in [0.25, 0.3) is 0 Å². The minimum Gasteiger partial charge on any atom is -0.240 e. The Bertz CT molecular complexity index is 401. The Morgan fingerprint density at radius 1 is 1.43 bits per heavy atom. The summed E-state index contributed by atoms with van der Waals surface area (Å²) in [5, 5.41) is 0.0888. The van der Waals surface area contributed by atoms with Crippen molar-refractivity contribution in [2.75, 3.05) is 6.54 Å². The lowest BCUT2D eigenvalue weighted by Gasteiger charge is -2.04. The van der Waals surface area contributed by atoms with E-state index in [1.165, 1.54) is 6.07 Å². The molecule has 1 aromatic heterocycles. The summed E-state index contributed by atoms with van der Waals surface area (Å²) >= 11 is 0. The Balaban J connectivity index is 2.93. The van der Waals surface area contributed by atoms with E-state index in [9.17, 15) is 8.42 Å². The zero-order valence-corrected chi connectivity index (χ0v) is 9.13. The van der Waals surface area contributed by atoms with E-state index in [-0.39, 0.29) is 5.03 Å². The molecule has 0 aliphatic heterocycles. The van der Waals surface area contributed by atoms with Crippen molar-refractivity contribution in [1.82, 2.24) is 9.71 Å². The van der Waals surface area contributed by atoms with Crippen LogP contribution in [-0.2, 0) is 10.0 Å². The molecule has 0 aromatic carbocycles. The van der Waals surface area contributed by atoms with E-state index in [2.05, 4.69) is 9.71 Å². The number of hydrogen-bond donors (Lipinski definition) is 1. The van der Waals surface area contributed by atoms with Crippen molar-refractivity contribution in [1.29, 1.82) is 0 Å². The first-order valence-corrected chi connectivity index (χ1v) is 5.98. The third-order valence-corrected chi connectivity index (χ3v) is 3.04. The second kappa shape index (κ2) is 4.52. The van der Waals surface area contributed by atoms with Crippen LogP contribution in [0.4, 0.5) is 0 Å². The average Bonchev–Trinajstić information content (AvgIpc) is 2.15. The molecule has 0 radical (unpaired) electrons. The summed E-state index contributed by atoms with van der Waals surface area (Å²) in [5.74, 6) is 0. The van der Waals surface area contributed by atoms with Crippen molar-refractivity contribution in [2.45, 2.75) is 25.3 Å². The first kappa shape index (κ1) is 11.1. The maximum absolute atomic E-state index is 11.6. The van der Waals surface area contributed by atoms with E-state index in [0.717, 1.165) is 6.42 Å².